The lowest BCUT2D eigenvalue weighted by atomic mass is 9.96. The van der Waals surface area contributed by atoms with Gasteiger partial charge < -0.3 is 11.1 Å². The lowest BCUT2D eigenvalue weighted by Gasteiger charge is -2.17. The third kappa shape index (κ3) is 3.77. The summed E-state index contributed by atoms with van der Waals surface area (Å²) < 4.78 is 0. The van der Waals surface area contributed by atoms with Gasteiger partial charge in [-0.3, -0.25) is 4.79 Å². The van der Waals surface area contributed by atoms with Crippen LogP contribution in [0.15, 0.2) is 12.4 Å². The minimum atomic E-state index is -0.243. The van der Waals surface area contributed by atoms with Gasteiger partial charge in [0.25, 0.3) is 0 Å². The topological polar surface area (TPSA) is 80.9 Å². The quantitative estimate of drug-likeness (QED) is 0.855. The van der Waals surface area contributed by atoms with Gasteiger partial charge >= 0.3 is 0 Å². The first-order valence-corrected chi connectivity index (χ1v) is 6.11. The van der Waals surface area contributed by atoms with Crippen LogP contribution in [0.2, 0.25) is 0 Å². The van der Waals surface area contributed by atoms with Crippen molar-refractivity contribution in [2.45, 2.75) is 46.1 Å². The third-order valence-electron chi connectivity index (χ3n) is 2.79. The summed E-state index contributed by atoms with van der Waals surface area (Å²) in [5, 5.41) is 2.76. The number of carbonyl (C=O) groups is 1. The van der Waals surface area contributed by atoms with Gasteiger partial charge in [0.1, 0.15) is 5.82 Å². The van der Waals surface area contributed by atoms with Crippen molar-refractivity contribution in [2.24, 2.45) is 11.7 Å². The summed E-state index contributed by atoms with van der Waals surface area (Å²) in [6, 6.07) is -0.181. The zero-order valence-corrected chi connectivity index (χ0v) is 11.7. The van der Waals surface area contributed by atoms with Gasteiger partial charge in [-0.2, -0.15) is 0 Å². The molecule has 1 aromatic heterocycles. The second kappa shape index (κ2) is 5.44. The summed E-state index contributed by atoms with van der Waals surface area (Å²) in [4.78, 5) is 20.3. The summed E-state index contributed by atoms with van der Waals surface area (Å²) in [5.74, 6) is 0.394. The van der Waals surface area contributed by atoms with Crippen LogP contribution in [0.3, 0.4) is 0 Å². The number of amides is 1. The Morgan fingerprint density at radius 2 is 1.78 bits per heavy atom. The Kier molecular flexibility index (Phi) is 4.40. The summed E-state index contributed by atoms with van der Waals surface area (Å²) in [7, 11) is 0. The highest BCUT2D eigenvalue weighted by molar-refractivity contribution is 5.92. The van der Waals surface area contributed by atoms with Gasteiger partial charge in [-0.15, -0.1) is 0 Å². The number of hydrogen-bond donors (Lipinski definition) is 2. The predicted octanol–water partition coefficient (Wildman–Crippen LogP) is 1.70. The van der Waals surface area contributed by atoms with Crippen LogP contribution in [-0.2, 0) is 10.2 Å². The highest BCUT2D eigenvalue weighted by Crippen LogP contribution is 2.18. The van der Waals surface area contributed by atoms with Crippen molar-refractivity contribution in [3.8, 4) is 0 Å². The van der Waals surface area contributed by atoms with Gasteiger partial charge in [0.15, 0.2) is 0 Å². The molecule has 0 aromatic carbocycles. The maximum absolute atomic E-state index is 11.8. The molecule has 5 heteroatoms. The van der Waals surface area contributed by atoms with E-state index in [1.54, 1.807) is 19.3 Å². The van der Waals surface area contributed by atoms with E-state index in [-0.39, 0.29) is 23.3 Å². The lowest BCUT2D eigenvalue weighted by molar-refractivity contribution is -0.119. The molecule has 1 heterocycles. The van der Waals surface area contributed by atoms with E-state index in [1.165, 1.54) is 0 Å². The maximum atomic E-state index is 11.8. The minimum Gasteiger partial charge on any atom is -0.327 e. The maximum Gasteiger partial charge on any atom is 0.228 e. The van der Waals surface area contributed by atoms with Gasteiger partial charge in [0, 0.05) is 11.5 Å². The fourth-order valence-electron chi connectivity index (χ4n) is 1.27. The molecule has 18 heavy (non-hydrogen) atoms. The Morgan fingerprint density at radius 3 is 2.17 bits per heavy atom. The first-order chi connectivity index (χ1) is 8.21. The molecule has 2 unspecified atom stereocenters. The Hall–Kier alpha value is -1.49. The van der Waals surface area contributed by atoms with Crippen molar-refractivity contribution in [3.05, 3.63) is 18.2 Å². The predicted molar refractivity (Wildman–Crippen MR) is 72.2 cm³/mol. The van der Waals surface area contributed by atoms with Crippen molar-refractivity contribution in [2.75, 3.05) is 5.32 Å². The number of nitrogens with zero attached hydrogens (tertiary/aromatic N) is 2. The molecule has 1 amide bonds. The first-order valence-electron chi connectivity index (χ1n) is 6.11. The van der Waals surface area contributed by atoms with E-state index in [2.05, 4.69) is 15.3 Å². The lowest BCUT2D eigenvalue weighted by Crippen LogP contribution is -2.34. The Balaban J connectivity index is 2.73. The van der Waals surface area contributed by atoms with Crippen LogP contribution in [0, 0.1) is 5.92 Å². The molecule has 2 atom stereocenters. The van der Waals surface area contributed by atoms with Crippen LogP contribution < -0.4 is 11.1 Å². The summed E-state index contributed by atoms with van der Waals surface area (Å²) in [6.07, 6.45) is 3.25. The minimum absolute atomic E-state index is 0.0956. The zero-order valence-electron chi connectivity index (χ0n) is 11.7. The van der Waals surface area contributed by atoms with E-state index in [1.807, 2.05) is 27.7 Å². The van der Waals surface area contributed by atoms with Crippen LogP contribution in [0.5, 0.6) is 0 Å². The number of carbonyl (C=O) groups excluding carboxylic acids is 1. The number of nitrogens with two attached hydrogens (primary N) is 1. The van der Waals surface area contributed by atoms with E-state index in [0.29, 0.717) is 5.69 Å². The van der Waals surface area contributed by atoms with E-state index >= 15 is 0 Å². The SMILES string of the molecule is CC(N)C(C)C(=O)Nc1cnc(C(C)(C)C)nc1. The molecule has 0 aliphatic rings. The van der Waals surface area contributed by atoms with Gasteiger partial charge in [-0.05, 0) is 6.92 Å². The van der Waals surface area contributed by atoms with Gasteiger partial charge in [-0.1, -0.05) is 27.7 Å². The molecule has 0 saturated heterocycles. The molecule has 0 spiro atoms. The van der Waals surface area contributed by atoms with E-state index in [0.717, 1.165) is 5.82 Å². The number of rotatable bonds is 3. The van der Waals surface area contributed by atoms with Crippen LogP contribution >= 0.6 is 0 Å². The Bertz CT molecular complexity index is 406. The first kappa shape index (κ1) is 14.6. The van der Waals surface area contributed by atoms with Crippen molar-refractivity contribution in [3.63, 3.8) is 0 Å². The second-order valence-electron chi connectivity index (χ2n) is 5.68. The molecule has 0 aliphatic carbocycles. The fourth-order valence-corrected chi connectivity index (χ4v) is 1.27. The number of anilines is 1. The van der Waals surface area contributed by atoms with E-state index in [9.17, 15) is 4.79 Å². The smallest absolute Gasteiger partial charge is 0.228 e. The number of aromatic nitrogens is 2. The van der Waals surface area contributed by atoms with E-state index < -0.39 is 0 Å². The van der Waals surface area contributed by atoms with Gasteiger partial charge in [0.05, 0.1) is 24.0 Å². The van der Waals surface area contributed by atoms with E-state index in [4.69, 9.17) is 5.73 Å². The van der Waals surface area contributed by atoms with Crippen molar-refractivity contribution >= 4 is 11.6 Å². The number of nitrogens with one attached hydrogen (secondary N) is 1. The van der Waals surface area contributed by atoms with Gasteiger partial charge in [-0.25, -0.2) is 9.97 Å². The summed E-state index contributed by atoms with van der Waals surface area (Å²) in [6.45, 7) is 9.73. The second-order valence-corrected chi connectivity index (χ2v) is 5.68. The number of hydrogen-bond acceptors (Lipinski definition) is 4. The zero-order chi connectivity index (χ0) is 13.9. The van der Waals surface area contributed by atoms with Crippen LogP contribution in [0.1, 0.15) is 40.4 Å². The monoisotopic (exact) mass is 250 g/mol. The standard InChI is InChI=1S/C13H22N4O/c1-8(9(2)14)11(18)17-10-6-15-12(16-7-10)13(3,4)5/h6-9H,14H2,1-5H3,(H,17,18). The Morgan fingerprint density at radius 1 is 1.28 bits per heavy atom. The van der Waals surface area contributed by atoms with Crippen molar-refractivity contribution < 1.29 is 4.79 Å². The molecule has 0 aliphatic heterocycles. The third-order valence-corrected chi connectivity index (χ3v) is 2.79. The highest BCUT2D eigenvalue weighted by atomic mass is 16.1. The summed E-state index contributed by atoms with van der Waals surface area (Å²) in [5.41, 5.74) is 6.18. The van der Waals surface area contributed by atoms with Crippen LogP contribution in [0.25, 0.3) is 0 Å². The van der Waals surface area contributed by atoms with Crippen molar-refractivity contribution in [1.29, 1.82) is 0 Å². The van der Waals surface area contributed by atoms with Crippen LogP contribution in [-0.4, -0.2) is 21.9 Å². The van der Waals surface area contributed by atoms with Gasteiger partial charge in [0.2, 0.25) is 5.91 Å². The average Bonchev–Trinajstić information content (AvgIpc) is 2.27. The molecule has 1 rings (SSSR count). The molecule has 0 fully saturated rings. The van der Waals surface area contributed by atoms with Crippen molar-refractivity contribution in [1.82, 2.24) is 9.97 Å². The molecular formula is C13H22N4O. The summed E-state index contributed by atoms with van der Waals surface area (Å²) >= 11 is 0. The molecule has 1 aromatic rings. The fraction of sp³-hybridized carbons (Fsp3) is 0.615. The molecule has 0 saturated carbocycles. The molecule has 0 radical (unpaired) electrons. The molecular weight excluding hydrogens is 228 g/mol. The molecule has 5 nitrogen and oxygen atoms in total. The average molecular weight is 250 g/mol. The highest BCUT2D eigenvalue weighted by Gasteiger charge is 2.19. The molecule has 100 valence electrons. The molecule has 3 N–H and O–H groups in total. The largest absolute Gasteiger partial charge is 0.327 e. The normalized spacial score (nSPS) is 15.0. The molecule has 0 bridgehead atoms. The Labute approximate surface area is 108 Å². The van der Waals surface area contributed by atoms with Crippen LogP contribution in [0.4, 0.5) is 5.69 Å².